The molecule has 0 saturated carbocycles. The topological polar surface area (TPSA) is 21.3 Å². The van der Waals surface area contributed by atoms with Gasteiger partial charge in [0.15, 0.2) is 5.75 Å². The molecule has 4 heteroatoms. The van der Waals surface area contributed by atoms with Gasteiger partial charge in [0, 0.05) is 12.7 Å². The Balaban J connectivity index is 3.07. The van der Waals surface area contributed by atoms with Crippen LogP contribution in [0.15, 0.2) is 12.1 Å². The zero-order valence-corrected chi connectivity index (χ0v) is 9.04. The second-order valence-electron chi connectivity index (χ2n) is 2.45. The standard InChI is InChI=1S/C9H11Cl2NO/c1-3-13-9-7(10)4-6(12-2)5-8(9)11/h4-5,12H,3H2,1-2H3. The Morgan fingerprint density at radius 2 is 1.85 bits per heavy atom. The average molecular weight is 220 g/mol. The molecule has 0 aliphatic carbocycles. The molecular formula is C9H11Cl2NO. The molecule has 13 heavy (non-hydrogen) atoms. The quantitative estimate of drug-likeness (QED) is 0.842. The van der Waals surface area contributed by atoms with E-state index in [-0.39, 0.29) is 0 Å². The fourth-order valence-corrected chi connectivity index (χ4v) is 1.58. The largest absolute Gasteiger partial charge is 0.491 e. The summed E-state index contributed by atoms with van der Waals surface area (Å²) in [6.07, 6.45) is 0. The predicted molar refractivity (Wildman–Crippen MR) is 57.2 cm³/mol. The summed E-state index contributed by atoms with van der Waals surface area (Å²) in [5.74, 6) is 0.546. The van der Waals surface area contributed by atoms with E-state index in [0.29, 0.717) is 22.4 Å². The van der Waals surface area contributed by atoms with Gasteiger partial charge in [0.25, 0.3) is 0 Å². The van der Waals surface area contributed by atoms with E-state index in [1.165, 1.54) is 0 Å². The molecule has 0 unspecified atom stereocenters. The van der Waals surface area contributed by atoms with Crippen molar-refractivity contribution in [1.29, 1.82) is 0 Å². The van der Waals surface area contributed by atoms with Crippen LogP contribution >= 0.6 is 23.2 Å². The molecule has 0 bridgehead atoms. The van der Waals surface area contributed by atoms with E-state index in [0.717, 1.165) is 5.69 Å². The first-order valence-corrected chi connectivity index (χ1v) is 4.74. The van der Waals surface area contributed by atoms with Gasteiger partial charge in [0.2, 0.25) is 0 Å². The highest BCUT2D eigenvalue weighted by Crippen LogP contribution is 2.35. The van der Waals surface area contributed by atoms with Crippen molar-refractivity contribution >= 4 is 28.9 Å². The third kappa shape index (κ3) is 2.42. The SMILES string of the molecule is CCOc1c(Cl)cc(NC)cc1Cl. The van der Waals surface area contributed by atoms with Crippen LogP contribution in [0, 0.1) is 0 Å². The lowest BCUT2D eigenvalue weighted by atomic mass is 10.3. The Kier molecular flexibility index (Phi) is 3.70. The normalized spacial score (nSPS) is 9.85. The molecule has 1 aromatic rings. The molecule has 0 fully saturated rings. The number of hydrogen-bond acceptors (Lipinski definition) is 2. The molecule has 1 rings (SSSR count). The molecule has 0 aliphatic heterocycles. The molecule has 1 aromatic carbocycles. The van der Waals surface area contributed by atoms with Crippen molar-refractivity contribution in [2.75, 3.05) is 19.0 Å². The molecule has 1 N–H and O–H groups in total. The first-order chi connectivity index (χ1) is 6.19. The number of benzene rings is 1. The van der Waals surface area contributed by atoms with E-state index in [2.05, 4.69) is 5.32 Å². The molecule has 0 saturated heterocycles. The van der Waals surface area contributed by atoms with E-state index < -0.39 is 0 Å². The lowest BCUT2D eigenvalue weighted by Crippen LogP contribution is -1.95. The summed E-state index contributed by atoms with van der Waals surface area (Å²) in [6.45, 7) is 2.44. The van der Waals surface area contributed by atoms with Gasteiger partial charge in [0.1, 0.15) is 0 Å². The van der Waals surface area contributed by atoms with Crippen molar-refractivity contribution in [1.82, 2.24) is 0 Å². The lowest BCUT2D eigenvalue weighted by molar-refractivity contribution is 0.340. The maximum Gasteiger partial charge on any atom is 0.156 e. The minimum atomic E-state index is 0.527. The summed E-state index contributed by atoms with van der Waals surface area (Å²) in [7, 11) is 1.81. The molecule has 0 aliphatic rings. The molecule has 72 valence electrons. The lowest BCUT2D eigenvalue weighted by Gasteiger charge is -2.09. The Morgan fingerprint density at radius 1 is 1.31 bits per heavy atom. The number of ether oxygens (including phenoxy) is 1. The number of rotatable bonds is 3. The van der Waals surface area contributed by atoms with Crippen molar-refractivity contribution in [3.05, 3.63) is 22.2 Å². The fourth-order valence-electron chi connectivity index (χ4n) is 0.986. The van der Waals surface area contributed by atoms with Gasteiger partial charge in [0.05, 0.1) is 16.7 Å². The summed E-state index contributed by atoms with van der Waals surface area (Å²) in [6, 6.07) is 3.55. The first kappa shape index (κ1) is 10.5. The summed E-state index contributed by atoms with van der Waals surface area (Å²) >= 11 is 11.9. The third-order valence-electron chi connectivity index (χ3n) is 1.58. The van der Waals surface area contributed by atoms with Crippen LogP contribution in [0.1, 0.15) is 6.92 Å². The van der Waals surface area contributed by atoms with Crippen molar-refractivity contribution < 1.29 is 4.74 Å². The highest BCUT2D eigenvalue weighted by molar-refractivity contribution is 6.37. The first-order valence-electron chi connectivity index (χ1n) is 3.98. The van der Waals surface area contributed by atoms with Crippen LogP contribution in [0.2, 0.25) is 10.0 Å². The van der Waals surface area contributed by atoms with Gasteiger partial charge in [-0.05, 0) is 19.1 Å². The Labute approximate surface area is 87.8 Å². The van der Waals surface area contributed by atoms with Crippen LogP contribution in [0.25, 0.3) is 0 Å². The molecule has 0 spiro atoms. The molecule has 0 heterocycles. The highest BCUT2D eigenvalue weighted by atomic mass is 35.5. The van der Waals surface area contributed by atoms with Gasteiger partial charge < -0.3 is 10.1 Å². The summed E-state index contributed by atoms with van der Waals surface area (Å²) in [5.41, 5.74) is 0.874. The fraction of sp³-hybridized carbons (Fsp3) is 0.333. The monoisotopic (exact) mass is 219 g/mol. The van der Waals surface area contributed by atoms with Crippen LogP contribution in [-0.4, -0.2) is 13.7 Å². The average Bonchev–Trinajstić information content (AvgIpc) is 2.11. The van der Waals surface area contributed by atoms with Gasteiger partial charge >= 0.3 is 0 Å². The van der Waals surface area contributed by atoms with Gasteiger partial charge in [-0.25, -0.2) is 0 Å². The predicted octanol–water partition coefficient (Wildman–Crippen LogP) is 3.43. The maximum atomic E-state index is 5.94. The van der Waals surface area contributed by atoms with Crippen LogP contribution in [0.5, 0.6) is 5.75 Å². The van der Waals surface area contributed by atoms with E-state index in [1.807, 2.05) is 14.0 Å². The van der Waals surface area contributed by atoms with E-state index in [4.69, 9.17) is 27.9 Å². The van der Waals surface area contributed by atoms with E-state index in [9.17, 15) is 0 Å². The number of hydrogen-bond donors (Lipinski definition) is 1. The van der Waals surface area contributed by atoms with E-state index >= 15 is 0 Å². The minimum absolute atomic E-state index is 0.527. The molecule has 0 atom stereocenters. The van der Waals surface area contributed by atoms with Gasteiger partial charge in [-0.2, -0.15) is 0 Å². The second-order valence-corrected chi connectivity index (χ2v) is 3.27. The zero-order chi connectivity index (χ0) is 9.84. The van der Waals surface area contributed by atoms with Gasteiger partial charge in [-0.1, -0.05) is 23.2 Å². The minimum Gasteiger partial charge on any atom is -0.491 e. The van der Waals surface area contributed by atoms with Crippen LogP contribution in [0.3, 0.4) is 0 Å². The zero-order valence-electron chi connectivity index (χ0n) is 7.53. The summed E-state index contributed by atoms with van der Waals surface area (Å²) in [5, 5.41) is 4.01. The van der Waals surface area contributed by atoms with Crippen molar-refractivity contribution in [3.8, 4) is 5.75 Å². The Bertz CT molecular complexity index is 279. The smallest absolute Gasteiger partial charge is 0.156 e. The molecule has 0 radical (unpaired) electrons. The summed E-state index contributed by atoms with van der Waals surface area (Å²) in [4.78, 5) is 0. The Morgan fingerprint density at radius 3 is 2.23 bits per heavy atom. The second kappa shape index (κ2) is 4.58. The van der Waals surface area contributed by atoms with Crippen LogP contribution in [0.4, 0.5) is 5.69 Å². The maximum absolute atomic E-state index is 5.94. The van der Waals surface area contributed by atoms with Crippen LogP contribution < -0.4 is 10.1 Å². The molecule has 2 nitrogen and oxygen atoms in total. The third-order valence-corrected chi connectivity index (χ3v) is 2.14. The number of anilines is 1. The van der Waals surface area contributed by atoms with Crippen molar-refractivity contribution in [2.24, 2.45) is 0 Å². The van der Waals surface area contributed by atoms with Crippen LogP contribution in [-0.2, 0) is 0 Å². The van der Waals surface area contributed by atoms with Gasteiger partial charge in [-0.3, -0.25) is 0 Å². The summed E-state index contributed by atoms with van der Waals surface area (Å²) < 4.78 is 5.28. The van der Waals surface area contributed by atoms with E-state index in [1.54, 1.807) is 12.1 Å². The van der Waals surface area contributed by atoms with Crippen molar-refractivity contribution in [3.63, 3.8) is 0 Å². The highest BCUT2D eigenvalue weighted by Gasteiger charge is 2.07. The molecule has 0 amide bonds. The Hall–Kier alpha value is -0.600. The molecule has 0 aromatic heterocycles. The van der Waals surface area contributed by atoms with Crippen molar-refractivity contribution in [2.45, 2.75) is 6.92 Å². The van der Waals surface area contributed by atoms with Gasteiger partial charge in [-0.15, -0.1) is 0 Å². The molecular weight excluding hydrogens is 209 g/mol. The number of halogens is 2. The number of nitrogens with one attached hydrogen (secondary N) is 1.